The number of hydrogen-bond acceptors (Lipinski definition) is 3. The number of ether oxygens (including phenoxy) is 1. The molecule has 3 rings (SSSR count). The van der Waals surface area contributed by atoms with E-state index in [9.17, 15) is 9.18 Å². The van der Waals surface area contributed by atoms with E-state index in [-0.39, 0.29) is 23.7 Å². The van der Waals surface area contributed by atoms with Gasteiger partial charge in [-0.2, -0.15) is 0 Å². The Kier molecular flexibility index (Phi) is 4.97. The van der Waals surface area contributed by atoms with Crippen molar-refractivity contribution in [3.8, 4) is 0 Å². The molecule has 2 aliphatic heterocycles. The fourth-order valence-corrected chi connectivity index (χ4v) is 3.55. The molecule has 1 N–H and O–H groups in total. The molecule has 0 bridgehead atoms. The minimum atomic E-state index is -0.188. The topological polar surface area (TPSA) is 41.6 Å². The SMILES string of the molecule is CC(C)C(=O)NC[C@@H]1CO[C@@H]2CN(Cc3cccc(F)c3)C[C@H]12. The second-order valence-electron chi connectivity index (χ2n) is 7.02. The summed E-state index contributed by atoms with van der Waals surface area (Å²) in [6.45, 7) is 7.80. The van der Waals surface area contributed by atoms with Gasteiger partial charge in [-0.05, 0) is 17.7 Å². The number of carbonyl (C=O) groups is 1. The van der Waals surface area contributed by atoms with Crippen LogP contribution in [0.4, 0.5) is 4.39 Å². The van der Waals surface area contributed by atoms with E-state index in [1.54, 1.807) is 12.1 Å². The van der Waals surface area contributed by atoms with Crippen LogP contribution >= 0.6 is 0 Å². The van der Waals surface area contributed by atoms with Gasteiger partial charge in [0.2, 0.25) is 5.91 Å². The highest BCUT2D eigenvalue weighted by molar-refractivity contribution is 5.77. The summed E-state index contributed by atoms with van der Waals surface area (Å²) in [7, 11) is 0. The average Bonchev–Trinajstić information content (AvgIpc) is 3.05. The maximum Gasteiger partial charge on any atom is 0.222 e. The summed E-state index contributed by atoms with van der Waals surface area (Å²) in [4.78, 5) is 14.1. The predicted octanol–water partition coefficient (Wildman–Crippen LogP) is 2.04. The van der Waals surface area contributed by atoms with Crippen LogP contribution in [0.3, 0.4) is 0 Å². The number of benzene rings is 1. The van der Waals surface area contributed by atoms with Gasteiger partial charge >= 0.3 is 0 Å². The van der Waals surface area contributed by atoms with Crippen molar-refractivity contribution in [1.29, 1.82) is 0 Å². The Hall–Kier alpha value is -1.46. The average molecular weight is 320 g/mol. The lowest BCUT2D eigenvalue weighted by Gasteiger charge is -2.20. The zero-order valence-electron chi connectivity index (χ0n) is 13.8. The van der Waals surface area contributed by atoms with E-state index in [4.69, 9.17) is 4.74 Å². The molecule has 0 unspecified atom stereocenters. The fourth-order valence-electron chi connectivity index (χ4n) is 3.55. The van der Waals surface area contributed by atoms with Crippen molar-refractivity contribution in [1.82, 2.24) is 10.2 Å². The number of carbonyl (C=O) groups excluding carboxylic acids is 1. The number of hydrogen-bond donors (Lipinski definition) is 1. The number of amides is 1. The standard InChI is InChI=1S/C18H25FN2O2/c1-12(2)18(22)20-7-14-11-23-17-10-21(9-16(14)17)8-13-4-3-5-15(19)6-13/h3-6,12,14,16-17H,7-11H2,1-2H3,(H,20,22)/t14-,16-,17-/m1/s1. The molecule has 0 saturated carbocycles. The van der Waals surface area contributed by atoms with Gasteiger partial charge in [0.15, 0.2) is 0 Å². The Morgan fingerprint density at radius 2 is 2.26 bits per heavy atom. The molecule has 2 saturated heterocycles. The van der Waals surface area contributed by atoms with Gasteiger partial charge in [0, 0.05) is 43.9 Å². The van der Waals surface area contributed by atoms with Gasteiger partial charge in [-0.25, -0.2) is 4.39 Å². The first-order valence-electron chi connectivity index (χ1n) is 8.39. The third kappa shape index (κ3) is 3.90. The summed E-state index contributed by atoms with van der Waals surface area (Å²) in [5, 5.41) is 3.02. The second kappa shape index (κ2) is 6.97. The molecule has 0 aliphatic carbocycles. The quantitative estimate of drug-likeness (QED) is 0.903. The lowest BCUT2D eigenvalue weighted by Crippen LogP contribution is -2.36. The van der Waals surface area contributed by atoms with E-state index in [0.717, 1.165) is 31.8 Å². The van der Waals surface area contributed by atoms with Gasteiger partial charge in [-0.15, -0.1) is 0 Å². The van der Waals surface area contributed by atoms with Crippen LogP contribution in [0.2, 0.25) is 0 Å². The van der Waals surface area contributed by atoms with Gasteiger partial charge in [0.25, 0.3) is 0 Å². The summed E-state index contributed by atoms with van der Waals surface area (Å²) in [6.07, 6.45) is 0.240. The van der Waals surface area contributed by atoms with Crippen LogP contribution in [0.15, 0.2) is 24.3 Å². The van der Waals surface area contributed by atoms with Crippen LogP contribution in [0.5, 0.6) is 0 Å². The van der Waals surface area contributed by atoms with Gasteiger partial charge in [0.05, 0.1) is 12.7 Å². The summed E-state index contributed by atoms with van der Waals surface area (Å²) in [5.74, 6) is 0.757. The van der Waals surface area contributed by atoms with Crippen molar-refractivity contribution in [2.75, 3.05) is 26.2 Å². The molecule has 23 heavy (non-hydrogen) atoms. The van der Waals surface area contributed by atoms with E-state index in [2.05, 4.69) is 10.2 Å². The molecular formula is C18H25FN2O2. The van der Waals surface area contributed by atoms with Crippen molar-refractivity contribution in [2.45, 2.75) is 26.5 Å². The summed E-state index contributed by atoms with van der Waals surface area (Å²) in [5.41, 5.74) is 0.995. The monoisotopic (exact) mass is 320 g/mol. The molecule has 2 fully saturated rings. The highest BCUT2D eigenvalue weighted by Gasteiger charge is 2.43. The summed E-state index contributed by atoms with van der Waals surface area (Å²) in [6, 6.07) is 6.77. The number of rotatable bonds is 5. The molecule has 0 aromatic heterocycles. The molecule has 1 amide bonds. The zero-order valence-corrected chi connectivity index (χ0v) is 13.8. The largest absolute Gasteiger partial charge is 0.376 e. The van der Waals surface area contributed by atoms with E-state index >= 15 is 0 Å². The van der Waals surface area contributed by atoms with Crippen LogP contribution in [-0.2, 0) is 16.1 Å². The van der Waals surface area contributed by atoms with E-state index in [0.29, 0.717) is 18.4 Å². The van der Waals surface area contributed by atoms with Crippen molar-refractivity contribution < 1.29 is 13.9 Å². The fraction of sp³-hybridized carbons (Fsp3) is 0.611. The number of fused-ring (bicyclic) bond motifs is 1. The third-order valence-corrected chi connectivity index (χ3v) is 4.87. The number of nitrogens with zero attached hydrogens (tertiary/aromatic N) is 1. The normalized spacial score (nSPS) is 27.4. The lowest BCUT2D eigenvalue weighted by atomic mass is 9.93. The van der Waals surface area contributed by atoms with E-state index < -0.39 is 0 Å². The van der Waals surface area contributed by atoms with Crippen molar-refractivity contribution >= 4 is 5.91 Å². The molecule has 3 atom stereocenters. The highest BCUT2D eigenvalue weighted by atomic mass is 19.1. The van der Waals surface area contributed by atoms with Crippen LogP contribution in [0.1, 0.15) is 19.4 Å². The van der Waals surface area contributed by atoms with Crippen LogP contribution in [0.25, 0.3) is 0 Å². The maximum atomic E-state index is 13.3. The predicted molar refractivity (Wildman–Crippen MR) is 86.2 cm³/mol. The third-order valence-electron chi connectivity index (χ3n) is 4.87. The van der Waals surface area contributed by atoms with Gasteiger partial charge in [-0.1, -0.05) is 26.0 Å². The smallest absolute Gasteiger partial charge is 0.222 e. The van der Waals surface area contributed by atoms with E-state index in [1.165, 1.54) is 6.07 Å². The number of nitrogens with one attached hydrogen (secondary N) is 1. The summed E-state index contributed by atoms with van der Waals surface area (Å²) >= 11 is 0. The Morgan fingerprint density at radius 3 is 3.00 bits per heavy atom. The van der Waals surface area contributed by atoms with E-state index in [1.807, 2.05) is 19.9 Å². The number of likely N-dealkylation sites (tertiary alicyclic amines) is 1. The molecule has 2 aliphatic rings. The first kappa shape index (κ1) is 16.4. The van der Waals surface area contributed by atoms with Crippen molar-refractivity contribution in [2.24, 2.45) is 17.8 Å². The Bertz CT molecular complexity index is 564. The molecule has 2 heterocycles. The molecule has 0 radical (unpaired) electrons. The molecule has 5 heteroatoms. The van der Waals surface area contributed by atoms with Crippen LogP contribution < -0.4 is 5.32 Å². The van der Waals surface area contributed by atoms with Crippen LogP contribution in [-0.4, -0.2) is 43.2 Å². The van der Waals surface area contributed by atoms with Gasteiger partial charge in [-0.3, -0.25) is 9.69 Å². The first-order valence-corrected chi connectivity index (χ1v) is 8.39. The molecule has 126 valence electrons. The molecule has 1 aromatic rings. The first-order chi connectivity index (χ1) is 11.0. The molecular weight excluding hydrogens is 295 g/mol. The highest BCUT2D eigenvalue weighted by Crippen LogP contribution is 2.34. The molecule has 1 aromatic carbocycles. The van der Waals surface area contributed by atoms with Crippen LogP contribution in [0, 0.1) is 23.6 Å². The second-order valence-corrected chi connectivity index (χ2v) is 7.02. The van der Waals surface area contributed by atoms with Gasteiger partial charge in [0.1, 0.15) is 5.82 Å². The number of halogens is 1. The Balaban J connectivity index is 1.53. The minimum Gasteiger partial charge on any atom is -0.376 e. The zero-order chi connectivity index (χ0) is 16.4. The molecule has 4 nitrogen and oxygen atoms in total. The molecule has 0 spiro atoms. The van der Waals surface area contributed by atoms with Crippen molar-refractivity contribution in [3.05, 3.63) is 35.6 Å². The van der Waals surface area contributed by atoms with Gasteiger partial charge < -0.3 is 10.1 Å². The lowest BCUT2D eigenvalue weighted by molar-refractivity contribution is -0.124. The maximum absolute atomic E-state index is 13.3. The Labute approximate surface area is 137 Å². The summed E-state index contributed by atoms with van der Waals surface area (Å²) < 4.78 is 19.2. The Morgan fingerprint density at radius 1 is 1.43 bits per heavy atom. The minimum absolute atomic E-state index is 0.0150. The van der Waals surface area contributed by atoms with Crippen molar-refractivity contribution in [3.63, 3.8) is 0 Å².